The third-order valence-corrected chi connectivity index (χ3v) is 5.86. The minimum atomic E-state index is -0.190. The number of amides is 1. The lowest BCUT2D eigenvalue weighted by Gasteiger charge is -2.36. The number of piperazine rings is 1. The second-order valence-electron chi connectivity index (χ2n) is 7.85. The van der Waals surface area contributed by atoms with E-state index >= 15 is 0 Å². The molecule has 0 spiro atoms. The maximum absolute atomic E-state index is 14.0. The van der Waals surface area contributed by atoms with Gasteiger partial charge in [0.2, 0.25) is 0 Å². The Labute approximate surface area is 171 Å². The predicted molar refractivity (Wildman–Crippen MR) is 112 cm³/mol. The van der Waals surface area contributed by atoms with Gasteiger partial charge in [0.15, 0.2) is 0 Å². The Hall–Kier alpha value is -2.70. The van der Waals surface area contributed by atoms with E-state index in [2.05, 4.69) is 20.2 Å². The molecule has 1 aromatic heterocycles. The molecule has 2 aromatic rings. The van der Waals surface area contributed by atoms with E-state index in [4.69, 9.17) is 0 Å². The van der Waals surface area contributed by atoms with Crippen molar-refractivity contribution in [3.05, 3.63) is 48.2 Å². The van der Waals surface area contributed by atoms with Crippen LogP contribution in [-0.2, 0) is 0 Å². The van der Waals surface area contributed by atoms with Crippen molar-refractivity contribution in [3.8, 4) is 0 Å². The number of hydrogen-bond donors (Lipinski definition) is 1. The molecule has 1 aromatic carbocycles. The van der Waals surface area contributed by atoms with E-state index in [9.17, 15) is 9.18 Å². The molecule has 0 unspecified atom stereocenters. The predicted octanol–water partition coefficient (Wildman–Crippen LogP) is 3.39. The summed E-state index contributed by atoms with van der Waals surface area (Å²) in [5.74, 6) is 0.425. The first-order chi connectivity index (χ1) is 14.2. The number of anilines is 2. The zero-order valence-electron chi connectivity index (χ0n) is 16.7. The molecule has 0 atom stereocenters. The highest BCUT2D eigenvalue weighted by atomic mass is 19.1. The molecule has 1 saturated heterocycles. The first kappa shape index (κ1) is 19.6. The third kappa shape index (κ3) is 4.83. The minimum Gasteiger partial charge on any atom is -0.366 e. The van der Waals surface area contributed by atoms with Crippen LogP contribution in [0.1, 0.15) is 49.0 Å². The number of halogens is 1. The largest absolute Gasteiger partial charge is 0.366 e. The number of nitrogens with zero attached hydrogens (tertiary/aromatic N) is 4. The Morgan fingerprint density at radius 2 is 1.62 bits per heavy atom. The Balaban J connectivity index is 1.32. The number of para-hydroxylation sites is 1. The van der Waals surface area contributed by atoms with Gasteiger partial charge in [0.05, 0.1) is 18.1 Å². The molecule has 0 bridgehead atoms. The van der Waals surface area contributed by atoms with Crippen molar-refractivity contribution in [2.75, 3.05) is 36.0 Å². The third-order valence-electron chi connectivity index (χ3n) is 5.86. The lowest BCUT2D eigenvalue weighted by molar-refractivity contribution is 0.0928. The van der Waals surface area contributed by atoms with E-state index in [1.54, 1.807) is 18.5 Å². The molecule has 1 aliphatic heterocycles. The lowest BCUT2D eigenvalue weighted by atomic mass is 10.1. The molecule has 4 rings (SSSR count). The van der Waals surface area contributed by atoms with E-state index in [0.717, 1.165) is 31.7 Å². The fourth-order valence-electron chi connectivity index (χ4n) is 4.17. The monoisotopic (exact) mass is 397 g/mol. The highest BCUT2D eigenvalue weighted by Gasteiger charge is 2.21. The van der Waals surface area contributed by atoms with E-state index in [1.165, 1.54) is 31.7 Å². The molecule has 1 aliphatic carbocycles. The molecule has 7 heteroatoms. The van der Waals surface area contributed by atoms with Crippen LogP contribution in [0.5, 0.6) is 0 Å². The topological polar surface area (TPSA) is 61.4 Å². The quantitative estimate of drug-likeness (QED) is 0.802. The van der Waals surface area contributed by atoms with Crippen LogP contribution >= 0.6 is 0 Å². The molecule has 2 fully saturated rings. The Kier molecular flexibility index (Phi) is 6.22. The molecule has 29 heavy (non-hydrogen) atoms. The molecule has 0 radical (unpaired) electrons. The molecule has 2 heterocycles. The number of rotatable bonds is 4. The van der Waals surface area contributed by atoms with Crippen LogP contribution < -0.4 is 15.1 Å². The van der Waals surface area contributed by atoms with Crippen molar-refractivity contribution in [2.24, 2.45) is 0 Å². The molecular weight excluding hydrogens is 369 g/mol. The number of aromatic nitrogens is 2. The molecule has 1 saturated carbocycles. The van der Waals surface area contributed by atoms with Crippen molar-refractivity contribution in [3.63, 3.8) is 0 Å². The van der Waals surface area contributed by atoms with Gasteiger partial charge >= 0.3 is 0 Å². The minimum absolute atomic E-state index is 0.139. The molecule has 1 amide bonds. The number of carbonyl (C=O) groups is 1. The van der Waals surface area contributed by atoms with Gasteiger partial charge in [-0.1, -0.05) is 37.8 Å². The summed E-state index contributed by atoms with van der Waals surface area (Å²) >= 11 is 0. The second-order valence-corrected chi connectivity index (χ2v) is 7.85. The van der Waals surface area contributed by atoms with Crippen molar-refractivity contribution in [1.29, 1.82) is 0 Å². The van der Waals surface area contributed by atoms with Crippen LogP contribution in [0.4, 0.5) is 15.9 Å². The van der Waals surface area contributed by atoms with Crippen LogP contribution in [0.25, 0.3) is 0 Å². The van der Waals surface area contributed by atoms with Gasteiger partial charge in [-0.15, -0.1) is 0 Å². The zero-order valence-corrected chi connectivity index (χ0v) is 16.7. The maximum Gasteiger partial charge on any atom is 0.271 e. The van der Waals surface area contributed by atoms with Gasteiger partial charge in [-0.05, 0) is 25.0 Å². The van der Waals surface area contributed by atoms with Crippen molar-refractivity contribution in [1.82, 2.24) is 15.3 Å². The fraction of sp³-hybridized carbons (Fsp3) is 0.500. The molecule has 2 aliphatic rings. The Bertz CT molecular complexity index is 812. The number of benzene rings is 1. The smallest absolute Gasteiger partial charge is 0.271 e. The van der Waals surface area contributed by atoms with Gasteiger partial charge < -0.3 is 15.1 Å². The number of hydrogen-bond acceptors (Lipinski definition) is 5. The highest BCUT2D eigenvalue weighted by molar-refractivity contribution is 5.92. The summed E-state index contributed by atoms with van der Waals surface area (Å²) in [6.07, 6.45) is 10.2. The van der Waals surface area contributed by atoms with Gasteiger partial charge in [0.1, 0.15) is 17.3 Å². The van der Waals surface area contributed by atoms with E-state index in [-0.39, 0.29) is 17.8 Å². The van der Waals surface area contributed by atoms with Crippen LogP contribution in [-0.4, -0.2) is 48.1 Å². The van der Waals surface area contributed by atoms with Crippen molar-refractivity contribution >= 4 is 17.4 Å². The molecule has 6 nitrogen and oxygen atoms in total. The first-order valence-electron chi connectivity index (χ1n) is 10.6. The van der Waals surface area contributed by atoms with Crippen LogP contribution in [0.3, 0.4) is 0 Å². The zero-order chi connectivity index (χ0) is 20.1. The fourth-order valence-corrected chi connectivity index (χ4v) is 4.17. The lowest BCUT2D eigenvalue weighted by Crippen LogP contribution is -2.47. The van der Waals surface area contributed by atoms with Gasteiger partial charge in [-0.25, -0.2) is 14.4 Å². The van der Waals surface area contributed by atoms with E-state index in [0.29, 0.717) is 24.5 Å². The average Bonchev–Trinajstić information content (AvgIpc) is 3.03. The average molecular weight is 397 g/mol. The normalized spacial score (nSPS) is 18.4. The summed E-state index contributed by atoms with van der Waals surface area (Å²) in [5, 5.41) is 3.11. The maximum atomic E-state index is 14.0. The van der Waals surface area contributed by atoms with Crippen LogP contribution in [0.15, 0.2) is 36.7 Å². The highest BCUT2D eigenvalue weighted by Crippen LogP contribution is 2.22. The molecule has 1 N–H and O–H groups in total. The summed E-state index contributed by atoms with van der Waals surface area (Å²) in [7, 11) is 0. The Morgan fingerprint density at radius 3 is 2.28 bits per heavy atom. The second kappa shape index (κ2) is 9.20. The SMILES string of the molecule is O=C(NC1CCCCCC1)c1cnc(N2CCN(c3ccccc3F)CC2)cn1. The van der Waals surface area contributed by atoms with Gasteiger partial charge in [-0.3, -0.25) is 4.79 Å². The van der Waals surface area contributed by atoms with E-state index in [1.807, 2.05) is 17.0 Å². The van der Waals surface area contributed by atoms with E-state index < -0.39 is 0 Å². The van der Waals surface area contributed by atoms with Crippen molar-refractivity contribution < 1.29 is 9.18 Å². The molecular formula is C22H28FN5O. The molecule has 154 valence electrons. The van der Waals surface area contributed by atoms with Crippen LogP contribution in [0.2, 0.25) is 0 Å². The van der Waals surface area contributed by atoms with Crippen LogP contribution in [0, 0.1) is 5.82 Å². The van der Waals surface area contributed by atoms with Crippen molar-refractivity contribution in [2.45, 2.75) is 44.6 Å². The Morgan fingerprint density at radius 1 is 0.931 bits per heavy atom. The summed E-state index contributed by atoms with van der Waals surface area (Å²) in [6, 6.07) is 7.11. The van der Waals surface area contributed by atoms with Gasteiger partial charge in [0, 0.05) is 32.2 Å². The summed E-state index contributed by atoms with van der Waals surface area (Å²) < 4.78 is 14.0. The summed E-state index contributed by atoms with van der Waals surface area (Å²) in [6.45, 7) is 2.90. The summed E-state index contributed by atoms with van der Waals surface area (Å²) in [5.41, 5.74) is 1.01. The van der Waals surface area contributed by atoms with Gasteiger partial charge in [0.25, 0.3) is 5.91 Å². The first-order valence-corrected chi connectivity index (χ1v) is 10.6. The summed E-state index contributed by atoms with van der Waals surface area (Å²) in [4.78, 5) is 25.5. The number of carbonyl (C=O) groups excluding carboxylic acids is 1. The standard InChI is InChI=1S/C22H28FN5O/c23-18-9-5-6-10-20(18)27-11-13-28(14-12-27)21-16-24-19(15-25-21)22(29)26-17-7-3-1-2-4-8-17/h5-6,9-10,15-17H,1-4,7-8,11-14H2,(H,26,29). The number of nitrogens with one attached hydrogen (secondary N) is 1. The van der Waals surface area contributed by atoms with Gasteiger partial charge in [-0.2, -0.15) is 0 Å².